The van der Waals surface area contributed by atoms with Crippen molar-refractivity contribution >= 4 is 16.3 Å². The lowest BCUT2D eigenvalue weighted by Crippen LogP contribution is -2.24. The highest BCUT2D eigenvalue weighted by Gasteiger charge is 2.09. The number of rotatable bonds is 6. The van der Waals surface area contributed by atoms with Crippen LogP contribution >= 0.6 is 11.3 Å². The van der Waals surface area contributed by atoms with Gasteiger partial charge in [-0.05, 0) is 24.2 Å². The Bertz CT molecular complexity index is 839. The molecule has 23 heavy (non-hydrogen) atoms. The van der Waals surface area contributed by atoms with Crippen molar-refractivity contribution in [2.45, 2.75) is 20.0 Å². The highest BCUT2D eigenvalue weighted by molar-refractivity contribution is 7.15. The van der Waals surface area contributed by atoms with Crippen LogP contribution in [0, 0.1) is 0 Å². The third-order valence-electron chi connectivity index (χ3n) is 3.75. The topological polar surface area (TPSA) is 46.8 Å². The van der Waals surface area contributed by atoms with Gasteiger partial charge < -0.3 is 4.74 Å². The molecule has 1 aromatic carbocycles. The van der Waals surface area contributed by atoms with E-state index in [9.17, 15) is 4.79 Å². The second-order valence-corrected chi connectivity index (χ2v) is 6.17. The van der Waals surface area contributed by atoms with Gasteiger partial charge in [0.1, 0.15) is 5.75 Å². The van der Waals surface area contributed by atoms with Crippen molar-refractivity contribution in [3.05, 3.63) is 63.5 Å². The molecule has 0 radical (unpaired) electrons. The van der Waals surface area contributed by atoms with Crippen LogP contribution in [-0.4, -0.2) is 27.9 Å². The Labute approximate surface area is 138 Å². The fourth-order valence-corrected chi connectivity index (χ4v) is 3.21. The molecule has 120 valence electrons. The fourth-order valence-electron chi connectivity index (χ4n) is 2.47. The van der Waals surface area contributed by atoms with Gasteiger partial charge in [0.2, 0.25) is 0 Å². The SMILES string of the molecule is CCN(Cc1ccc(OC)cc1)Cc1cc(=O)n2ccsc2n1. The molecule has 0 saturated carbocycles. The van der Waals surface area contributed by atoms with Crippen LogP contribution in [0.3, 0.4) is 0 Å². The monoisotopic (exact) mass is 329 g/mol. The number of fused-ring (bicyclic) bond motifs is 1. The molecule has 0 aliphatic rings. The Kier molecular flexibility index (Phi) is 4.73. The second kappa shape index (κ2) is 6.93. The molecular weight excluding hydrogens is 310 g/mol. The van der Waals surface area contributed by atoms with Gasteiger partial charge in [-0.25, -0.2) is 4.98 Å². The number of thiazole rings is 1. The van der Waals surface area contributed by atoms with Gasteiger partial charge in [0.15, 0.2) is 4.96 Å². The van der Waals surface area contributed by atoms with Gasteiger partial charge in [-0.3, -0.25) is 14.1 Å². The van der Waals surface area contributed by atoms with E-state index in [-0.39, 0.29) is 5.56 Å². The number of hydrogen-bond acceptors (Lipinski definition) is 5. The zero-order valence-electron chi connectivity index (χ0n) is 13.2. The van der Waals surface area contributed by atoms with Gasteiger partial charge in [0.05, 0.1) is 12.8 Å². The highest BCUT2D eigenvalue weighted by atomic mass is 32.1. The maximum Gasteiger partial charge on any atom is 0.258 e. The molecule has 0 unspecified atom stereocenters. The molecule has 6 heteroatoms. The van der Waals surface area contributed by atoms with Gasteiger partial charge in [-0.1, -0.05) is 19.1 Å². The predicted molar refractivity (Wildman–Crippen MR) is 92.1 cm³/mol. The molecule has 2 aromatic heterocycles. The van der Waals surface area contributed by atoms with E-state index in [4.69, 9.17) is 4.74 Å². The van der Waals surface area contributed by atoms with Crippen LogP contribution in [0.1, 0.15) is 18.2 Å². The molecule has 0 bridgehead atoms. The summed E-state index contributed by atoms with van der Waals surface area (Å²) in [7, 11) is 1.66. The normalized spacial score (nSPS) is 11.3. The molecule has 3 aromatic rings. The van der Waals surface area contributed by atoms with Crippen LogP contribution in [0.4, 0.5) is 0 Å². The van der Waals surface area contributed by atoms with Crippen molar-refractivity contribution < 1.29 is 4.74 Å². The first kappa shape index (κ1) is 15.7. The molecule has 2 heterocycles. The van der Waals surface area contributed by atoms with E-state index in [1.165, 1.54) is 16.9 Å². The lowest BCUT2D eigenvalue weighted by atomic mass is 10.2. The van der Waals surface area contributed by atoms with E-state index < -0.39 is 0 Å². The van der Waals surface area contributed by atoms with E-state index >= 15 is 0 Å². The average molecular weight is 329 g/mol. The molecule has 0 spiro atoms. The summed E-state index contributed by atoms with van der Waals surface area (Å²) in [6.07, 6.45) is 1.76. The number of benzene rings is 1. The van der Waals surface area contributed by atoms with E-state index in [0.29, 0.717) is 6.54 Å². The van der Waals surface area contributed by atoms with E-state index in [0.717, 1.165) is 29.5 Å². The predicted octanol–water partition coefficient (Wildman–Crippen LogP) is 2.79. The van der Waals surface area contributed by atoms with Crippen LogP contribution in [0.25, 0.3) is 4.96 Å². The van der Waals surface area contributed by atoms with Crippen LogP contribution in [0.15, 0.2) is 46.7 Å². The first-order valence-corrected chi connectivity index (χ1v) is 8.38. The van der Waals surface area contributed by atoms with Gasteiger partial charge in [0, 0.05) is 30.7 Å². The van der Waals surface area contributed by atoms with Gasteiger partial charge in [0.25, 0.3) is 5.56 Å². The van der Waals surface area contributed by atoms with Crippen molar-refractivity contribution in [2.24, 2.45) is 0 Å². The highest BCUT2D eigenvalue weighted by Crippen LogP contribution is 2.14. The van der Waals surface area contributed by atoms with Crippen molar-refractivity contribution in [3.8, 4) is 5.75 Å². The molecule has 0 atom stereocenters. The number of methoxy groups -OCH3 is 1. The van der Waals surface area contributed by atoms with E-state index in [1.54, 1.807) is 23.8 Å². The van der Waals surface area contributed by atoms with Crippen molar-refractivity contribution in [3.63, 3.8) is 0 Å². The van der Waals surface area contributed by atoms with Gasteiger partial charge in [-0.15, -0.1) is 11.3 Å². The Balaban J connectivity index is 1.76. The molecule has 0 aliphatic heterocycles. The minimum Gasteiger partial charge on any atom is -0.497 e. The fraction of sp³-hybridized carbons (Fsp3) is 0.294. The van der Waals surface area contributed by atoms with Crippen molar-refractivity contribution in [1.82, 2.24) is 14.3 Å². The van der Waals surface area contributed by atoms with Crippen molar-refractivity contribution in [1.29, 1.82) is 0 Å². The molecule has 5 nitrogen and oxygen atoms in total. The largest absolute Gasteiger partial charge is 0.497 e. The summed E-state index contributed by atoms with van der Waals surface area (Å²) in [5.41, 5.74) is 2.00. The van der Waals surface area contributed by atoms with Gasteiger partial charge in [-0.2, -0.15) is 0 Å². The summed E-state index contributed by atoms with van der Waals surface area (Å²) in [6, 6.07) is 9.67. The number of aromatic nitrogens is 2. The molecule has 0 fully saturated rings. The zero-order chi connectivity index (χ0) is 16.2. The Morgan fingerprint density at radius 3 is 2.74 bits per heavy atom. The quantitative estimate of drug-likeness (QED) is 0.698. The summed E-state index contributed by atoms with van der Waals surface area (Å²) in [6.45, 7) is 4.47. The van der Waals surface area contributed by atoms with Crippen LogP contribution in [-0.2, 0) is 13.1 Å². The van der Waals surface area contributed by atoms with E-state index in [2.05, 4.69) is 28.9 Å². The minimum atomic E-state index is -0.0215. The average Bonchev–Trinajstić information content (AvgIpc) is 3.04. The number of ether oxygens (including phenoxy) is 1. The second-order valence-electron chi connectivity index (χ2n) is 5.29. The third kappa shape index (κ3) is 3.60. The third-order valence-corrected chi connectivity index (χ3v) is 4.51. The Morgan fingerprint density at radius 2 is 2.04 bits per heavy atom. The van der Waals surface area contributed by atoms with Crippen LogP contribution < -0.4 is 10.3 Å². The summed E-state index contributed by atoms with van der Waals surface area (Å²) in [5.74, 6) is 0.856. The molecule has 0 amide bonds. The summed E-state index contributed by atoms with van der Waals surface area (Å²) in [5, 5.41) is 1.88. The molecule has 0 aliphatic carbocycles. The summed E-state index contributed by atoms with van der Waals surface area (Å²) >= 11 is 1.48. The minimum absolute atomic E-state index is 0.0215. The Hall–Kier alpha value is -2.18. The van der Waals surface area contributed by atoms with E-state index in [1.807, 2.05) is 17.5 Å². The maximum absolute atomic E-state index is 12.1. The number of nitrogens with zero attached hydrogens (tertiary/aromatic N) is 3. The van der Waals surface area contributed by atoms with Gasteiger partial charge >= 0.3 is 0 Å². The first-order valence-electron chi connectivity index (χ1n) is 7.50. The smallest absolute Gasteiger partial charge is 0.258 e. The molecule has 0 saturated heterocycles. The summed E-state index contributed by atoms with van der Waals surface area (Å²) < 4.78 is 6.76. The molecule has 3 rings (SSSR count). The zero-order valence-corrected chi connectivity index (χ0v) is 14.0. The lowest BCUT2D eigenvalue weighted by molar-refractivity contribution is 0.268. The lowest BCUT2D eigenvalue weighted by Gasteiger charge is -2.20. The maximum atomic E-state index is 12.1. The Morgan fingerprint density at radius 1 is 1.26 bits per heavy atom. The van der Waals surface area contributed by atoms with Crippen LogP contribution in [0.2, 0.25) is 0 Å². The standard InChI is InChI=1S/C17H19N3O2S/c1-3-19(11-13-4-6-15(22-2)7-5-13)12-14-10-16(21)20-8-9-23-17(20)18-14/h4-10H,3,11-12H2,1-2H3. The molecule has 0 N–H and O–H groups in total. The number of hydrogen-bond donors (Lipinski definition) is 0. The first-order chi connectivity index (χ1) is 11.2. The van der Waals surface area contributed by atoms with Crippen LogP contribution in [0.5, 0.6) is 5.75 Å². The van der Waals surface area contributed by atoms with Crippen molar-refractivity contribution in [2.75, 3.05) is 13.7 Å². The molecular formula is C17H19N3O2S. The summed E-state index contributed by atoms with van der Waals surface area (Å²) in [4.78, 5) is 19.6.